The summed E-state index contributed by atoms with van der Waals surface area (Å²) < 4.78 is 68.5. The Morgan fingerprint density at radius 1 is 1.37 bits per heavy atom. The van der Waals surface area contributed by atoms with Crippen LogP contribution in [0.1, 0.15) is 39.2 Å². The average Bonchev–Trinajstić information content (AvgIpc) is 2.67. The van der Waals surface area contributed by atoms with Crippen LogP contribution in [0.2, 0.25) is 0 Å². The number of hydrogen-bond acceptors (Lipinski definition) is 5. The quantitative estimate of drug-likeness (QED) is 0.280. The minimum absolute atomic E-state index is 0.0841. The fourth-order valence-corrected chi connectivity index (χ4v) is 4.58. The summed E-state index contributed by atoms with van der Waals surface area (Å²) >= 11 is 2.02. The van der Waals surface area contributed by atoms with Crippen molar-refractivity contribution >= 4 is 28.6 Å². The van der Waals surface area contributed by atoms with E-state index >= 15 is 0 Å². The zero-order chi connectivity index (χ0) is 22.9. The molecular weight excluding hydrogens is 443 g/mol. The standard InChI is InChI=1S/C18H21F5N2OS2.C2H6/c1-17(28-12-4-2-3-11(7-12)18(21,22)23)5-6-26-14(9-17)13(24)8-16(25)27-10-15(19)20;1-2/h2-4,7-8,14-15,25H,5-6,9-10,24H2,1H3;1-2H3/b13-8-,25-16?;. The number of halogens is 5. The first-order chi connectivity index (χ1) is 14.0. The van der Waals surface area contributed by atoms with Crippen LogP contribution in [0.5, 0.6) is 0 Å². The van der Waals surface area contributed by atoms with E-state index in [1.165, 1.54) is 23.9 Å². The summed E-state index contributed by atoms with van der Waals surface area (Å²) in [7, 11) is 0. The summed E-state index contributed by atoms with van der Waals surface area (Å²) in [6.07, 6.45) is -5.09. The van der Waals surface area contributed by atoms with E-state index in [2.05, 4.69) is 0 Å². The lowest BCUT2D eigenvalue weighted by Crippen LogP contribution is -2.38. The van der Waals surface area contributed by atoms with E-state index in [-0.39, 0.29) is 10.7 Å². The largest absolute Gasteiger partial charge is 0.416 e. The summed E-state index contributed by atoms with van der Waals surface area (Å²) in [5, 5.41) is 7.61. The van der Waals surface area contributed by atoms with Gasteiger partial charge in [0.15, 0.2) is 0 Å². The van der Waals surface area contributed by atoms with E-state index in [1.807, 2.05) is 20.8 Å². The van der Waals surface area contributed by atoms with Gasteiger partial charge in [0.05, 0.1) is 22.5 Å². The maximum absolute atomic E-state index is 12.9. The highest BCUT2D eigenvalue weighted by molar-refractivity contribution is 8.14. The summed E-state index contributed by atoms with van der Waals surface area (Å²) in [6.45, 7) is 6.29. The van der Waals surface area contributed by atoms with Crippen molar-refractivity contribution in [3.05, 3.63) is 41.6 Å². The molecule has 2 atom stereocenters. The molecule has 3 N–H and O–H groups in total. The second kappa shape index (κ2) is 12.0. The lowest BCUT2D eigenvalue weighted by molar-refractivity contribution is -0.137. The van der Waals surface area contributed by atoms with Crippen LogP contribution in [-0.4, -0.2) is 34.7 Å². The Morgan fingerprint density at radius 2 is 2.03 bits per heavy atom. The van der Waals surface area contributed by atoms with Gasteiger partial charge >= 0.3 is 6.18 Å². The van der Waals surface area contributed by atoms with Gasteiger partial charge in [0, 0.05) is 21.9 Å². The molecule has 170 valence electrons. The monoisotopic (exact) mass is 470 g/mol. The highest BCUT2D eigenvalue weighted by Gasteiger charge is 2.36. The number of benzene rings is 1. The van der Waals surface area contributed by atoms with Gasteiger partial charge in [-0.1, -0.05) is 19.9 Å². The van der Waals surface area contributed by atoms with Crippen molar-refractivity contribution in [2.75, 3.05) is 12.4 Å². The number of nitrogens with two attached hydrogens (primary N) is 1. The molecule has 0 aliphatic carbocycles. The number of rotatable bonds is 6. The first-order valence-electron chi connectivity index (χ1n) is 9.43. The molecule has 0 bridgehead atoms. The van der Waals surface area contributed by atoms with Gasteiger partial charge in [0.1, 0.15) is 0 Å². The van der Waals surface area contributed by atoms with Crippen molar-refractivity contribution in [1.82, 2.24) is 0 Å². The minimum Gasteiger partial charge on any atom is -0.400 e. The second-order valence-electron chi connectivity index (χ2n) is 6.60. The van der Waals surface area contributed by atoms with Crippen molar-refractivity contribution in [2.45, 2.75) is 62.0 Å². The Morgan fingerprint density at radius 3 is 2.63 bits per heavy atom. The van der Waals surface area contributed by atoms with Crippen LogP contribution in [-0.2, 0) is 10.9 Å². The van der Waals surface area contributed by atoms with E-state index < -0.39 is 34.8 Å². The van der Waals surface area contributed by atoms with Gasteiger partial charge in [-0.25, -0.2) is 8.78 Å². The van der Waals surface area contributed by atoms with E-state index in [0.29, 0.717) is 36.1 Å². The molecule has 1 aromatic rings. The number of nitrogens with one attached hydrogen (secondary N) is 1. The van der Waals surface area contributed by atoms with Crippen molar-refractivity contribution < 1.29 is 26.7 Å². The van der Waals surface area contributed by atoms with Crippen LogP contribution < -0.4 is 5.73 Å². The molecule has 2 rings (SSSR count). The van der Waals surface area contributed by atoms with E-state index in [4.69, 9.17) is 15.9 Å². The zero-order valence-electron chi connectivity index (χ0n) is 17.1. The third kappa shape index (κ3) is 8.85. The molecule has 1 fully saturated rings. The van der Waals surface area contributed by atoms with Crippen LogP contribution in [0.15, 0.2) is 40.9 Å². The van der Waals surface area contributed by atoms with Crippen LogP contribution in [0, 0.1) is 5.41 Å². The Kier molecular flexibility index (Phi) is 10.7. The maximum Gasteiger partial charge on any atom is 0.416 e. The van der Waals surface area contributed by atoms with Crippen LogP contribution >= 0.6 is 23.5 Å². The van der Waals surface area contributed by atoms with Gasteiger partial charge < -0.3 is 10.5 Å². The third-order valence-corrected chi connectivity index (χ3v) is 6.33. The van der Waals surface area contributed by atoms with Gasteiger partial charge in [-0.05, 0) is 44.0 Å². The predicted molar refractivity (Wildman–Crippen MR) is 114 cm³/mol. The predicted octanol–water partition coefficient (Wildman–Crippen LogP) is 6.58. The highest BCUT2D eigenvalue weighted by Crippen LogP contribution is 2.43. The van der Waals surface area contributed by atoms with Gasteiger partial charge in [-0.15, -0.1) is 23.5 Å². The molecule has 10 heteroatoms. The van der Waals surface area contributed by atoms with Gasteiger partial charge in [-0.3, -0.25) is 5.41 Å². The molecule has 1 aliphatic rings. The van der Waals surface area contributed by atoms with Gasteiger partial charge in [0.2, 0.25) is 6.43 Å². The molecule has 1 saturated heterocycles. The average molecular weight is 471 g/mol. The summed E-state index contributed by atoms with van der Waals surface area (Å²) in [5.74, 6) is -0.489. The van der Waals surface area contributed by atoms with Crippen molar-refractivity contribution in [1.29, 1.82) is 5.41 Å². The van der Waals surface area contributed by atoms with Gasteiger partial charge in [-0.2, -0.15) is 13.2 Å². The molecule has 2 unspecified atom stereocenters. The van der Waals surface area contributed by atoms with Gasteiger partial charge in [0.25, 0.3) is 0 Å². The van der Waals surface area contributed by atoms with E-state index in [0.717, 1.165) is 12.1 Å². The summed E-state index contributed by atoms with van der Waals surface area (Å²) in [5.41, 5.74) is 5.54. The van der Waals surface area contributed by atoms with Crippen molar-refractivity contribution in [3.8, 4) is 0 Å². The molecule has 0 spiro atoms. The van der Waals surface area contributed by atoms with Crippen LogP contribution in [0.3, 0.4) is 0 Å². The first-order valence-corrected chi connectivity index (χ1v) is 11.2. The van der Waals surface area contributed by atoms with Crippen LogP contribution in [0.4, 0.5) is 22.0 Å². The zero-order valence-corrected chi connectivity index (χ0v) is 18.7. The maximum atomic E-state index is 12.9. The Bertz CT molecular complexity index is 727. The lowest BCUT2D eigenvalue weighted by atomic mass is 9.95. The highest BCUT2D eigenvalue weighted by atomic mass is 32.2. The fraction of sp³-hybridized carbons (Fsp3) is 0.550. The number of alkyl halides is 5. The molecule has 0 radical (unpaired) electrons. The second-order valence-corrected chi connectivity index (χ2v) is 9.32. The fourth-order valence-electron chi connectivity index (χ4n) is 2.74. The molecule has 1 heterocycles. The Balaban J connectivity index is 0.00000218. The van der Waals surface area contributed by atoms with E-state index in [1.54, 1.807) is 6.07 Å². The normalized spacial score (nSPS) is 22.4. The molecule has 0 saturated carbocycles. The number of ether oxygens (including phenoxy) is 1. The van der Waals surface area contributed by atoms with Crippen molar-refractivity contribution in [2.24, 2.45) is 5.73 Å². The molecule has 0 aromatic heterocycles. The molecular formula is C20H27F5N2OS2. The first kappa shape index (κ1) is 26.8. The molecule has 0 amide bonds. The number of thioether (sulfide) groups is 2. The SMILES string of the molecule is CC.CC1(Sc2cccc(C(F)(F)F)c2)CCOC(/C(N)=C/C(=N)SCC(F)F)C1. The summed E-state index contributed by atoms with van der Waals surface area (Å²) in [4.78, 5) is 0.501. The minimum atomic E-state index is -4.40. The Labute approximate surface area is 182 Å². The summed E-state index contributed by atoms with van der Waals surface area (Å²) in [6, 6.07) is 5.16. The van der Waals surface area contributed by atoms with Crippen molar-refractivity contribution in [3.63, 3.8) is 0 Å². The molecule has 3 nitrogen and oxygen atoms in total. The Hall–Kier alpha value is -1.26. The van der Waals surface area contributed by atoms with E-state index in [9.17, 15) is 22.0 Å². The number of hydrogen-bond donors (Lipinski definition) is 2. The topological polar surface area (TPSA) is 59.1 Å². The molecule has 1 aliphatic heterocycles. The smallest absolute Gasteiger partial charge is 0.400 e. The third-order valence-electron chi connectivity index (χ3n) is 4.13. The molecule has 30 heavy (non-hydrogen) atoms. The van der Waals surface area contributed by atoms with Crippen LogP contribution in [0.25, 0.3) is 0 Å². The molecule has 1 aromatic carbocycles. The lowest BCUT2D eigenvalue weighted by Gasteiger charge is -2.38.